The number of hydrogen-bond donors (Lipinski definition) is 4. The summed E-state index contributed by atoms with van der Waals surface area (Å²) in [6.45, 7) is 14.8. The number of aromatic nitrogens is 1. The summed E-state index contributed by atoms with van der Waals surface area (Å²) >= 11 is 0. The Kier molecular flexibility index (Phi) is 9.21. The van der Waals surface area contributed by atoms with E-state index in [9.17, 15) is 9.59 Å². The van der Waals surface area contributed by atoms with E-state index in [4.69, 9.17) is 0 Å². The number of fused-ring (bicyclic) bond motifs is 1. The molecule has 216 valence electrons. The number of anilines is 1. The van der Waals surface area contributed by atoms with Gasteiger partial charge in [-0.1, -0.05) is 115 Å². The summed E-state index contributed by atoms with van der Waals surface area (Å²) < 4.78 is 0. The third-order valence-electron chi connectivity index (χ3n) is 7.62. The second-order valence-corrected chi connectivity index (χ2v) is 12.6. The van der Waals surface area contributed by atoms with Gasteiger partial charge in [-0.2, -0.15) is 0 Å². The molecule has 2 atom stereocenters. The van der Waals surface area contributed by atoms with Gasteiger partial charge in [-0.3, -0.25) is 4.79 Å². The van der Waals surface area contributed by atoms with Gasteiger partial charge in [0.1, 0.15) is 6.04 Å². The van der Waals surface area contributed by atoms with Gasteiger partial charge < -0.3 is 20.9 Å². The number of para-hydroxylation sites is 2. The molecule has 0 aliphatic heterocycles. The van der Waals surface area contributed by atoms with Crippen molar-refractivity contribution in [3.63, 3.8) is 0 Å². The average molecular weight is 553 g/mol. The number of urea groups is 1. The van der Waals surface area contributed by atoms with Crippen LogP contribution in [0.3, 0.4) is 0 Å². The highest BCUT2D eigenvalue weighted by Crippen LogP contribution is 2.34. The van der Waals surface area contributed by atoms with Crippen molar-refractivity contribution in [2.45, 2.75) is 78.8 Å². The fraction of sp³-hybridized carbons (Fsp3) is 0.371. The minimum absolute atomic E-state index is 0.228. The number of rotatable bonds is 9. The van der Waals surface area contributed by atoms with Crippen molar-refractivity contribution in [1.29, 1.82) is 0 Å². The first-order chi connectivity index (χ1) is 19.5. The van der Waals surface area contributed by atoms with E-state index < -0.39 is 6.04 Å². The normalized spacial score (nSPS) is 13.3. The lowest BCUT2D eigenvalue weighted by atomic mass is 9.82. The van der Waals surface area contributed by atoms with Gasteiger partial charge in [0.05, 0.1) is 6.04 Å². The number of amides is 3. The van der Waals surface area contributed by atoms with Gasteiger partial charge in [-0.05, 0) is 45.6 Å². The second-order valence-electron chi connectivity index (χ2n) is 12.6. The lowest BCUT2D eigenvalue weighted by molar-refractivity contribution is -0.117. The maximum Gasteiger partial charge on any atom is 0.315 e. The summed E-state index contributed by atoms with van der Waals surface area (Å²) in [6, 6.07) is 22.7. The Morgan fingerprint density at radius 3 is 2.00 bits per heavy atom. The monoisotopic (exact) mass is 552 g/mol. The van der Waals surface area contributed by atoms with Crippen LogP contribution in [0.4, 0.5) is 10.5 Å². The molecule has 0 radical (unpaired) electrons. The molecule has 41 heavy (non-hydrogen) atoms. The Morgan fingerprint density at radius 2 is 1.39 bits per heavy atom. The van der Waals surface area contributed by atoms with Gasteiger partial charge in [0, 0.05) is 29.2 Å². The van der Waals surface area contributed by atoms with Crippen molar-refractivity contribution in [2.24, 2.45) is 5.41 Å². The predicted molar refractivity (Wildman–Crippen MR) is 169 cm³/mol. The van der Waals surface area contributed by atoms with Crippen molar-refractivity contribution in [3.05, 3.63) is 101 Å². The summed E-state index contributed by atoms with van der Waals surface area (Å²) in [5, 5.41) is 10.5. The lowest BCUT2D eigenvalue weighted by Crippen LogP contribution is -2.51. The minimum Gasteiger partial charge on any atom is -0.361 e. The Labute approximate surface area is 244 Å². The van der Waals surface area contributed by atoms with Crippen LogP contribution in [-0.2, 0) is 11.2 Å². The first kappa shape index (κ1) is 29.9. The number of carbonyl (C=O) groups is 2. The van der Waals surface area contributed by atoms with E-state index in [0.29, 0.717) is 6.42 Å². The zero-order valence-electron chi connectivity index (χ0n) is 25.3. The number of nitrogens with one attached hydrogen (secondary N) is 4. The van der Waals surface area contributed by atoms with Crippen LogP contribution in [-0.4, -0.2) is 23.0 Å². The van der Waals surface area contributed by atoms with Gasteiger partial charge in [-0.15, -0.1) is 0 Å². The fourth-order valence-corrected chi connectivity index (χ4v) is 5.41. The molecule has 0 aliphatic carbocycles. The molecule has 1 unspecified atom stereocenters. The molecule has 1 aromatic heterocycles. The largest absolute Gasteiger partial charge is 0.361 e. The minimum atomic E-state index is -0.800. The van der Waals surface area contributed by atoms with E-state index in [1.807, 2.05) is 66.9 Å². The molecule has 3 amide bonds. The topological polar surface area (TPSA) is 86.0 Å². The summed E-state index contributed by atoms with van der Waals surface area (Å²) in [7, 11) is 0. The maximum absolute atomic E-state index is 14.0. The van der Waals surface area contributed by atoms with Crippen LogP contribution in [0.2, 0.25) is 0 Å². The van der Waals surface area contributed by atoms with Crippen LogP contribution >= 0.6 is 0 Å². The van der Waals surface area contributed by atoms with E-state index in [-0.39, 0.29) is 35.2 Å². The molecule has 0 spiro atoms. The molecule has 6 heteroatoms. The van der Waals surface area contributed by atoms with Gasteiger partial charge >= 0.3 is 6.03 Å². The molecule has 0 fully saturated rings. The molecule has 0 bridgehead atoms. The molecule has 0 aliphatic rings. The third kappa shape index (κ3) is 7.18. The number of benzene rings is 3. The smallest absolute Gasteiger partial charge is 0.315 e. The standard InChI is InChI=1S/C35H44N4O2/c1-22(2)26-17-13-18-27(23(3)4)31(26)38-33(40)30(20-25-21-36-29-19-12-11-16-28(25)29)37-34(41)39-32(35(5,6)7)24-14-9-8-10-15-24/h8-19,21-23,30,32,36H,20H2,1-7H3,(H,38,40)(H2,37,39,41)/t30-,32?/m1/s1. The predicted octanol–water partition coefficient (Wildman–Crippen LogP) is 8.05. The van der Waals surface area contributed by atoms with Crippen LogP contribution in [0.25, 0.3) is 10.9 Å². The first-order valence-corrected chi connectivity index (χ1v) is 14.6. The molecule has 3 aromatic carbocycles. The fourth-order valence-electron chi connectivity index (χ4n) is 5.41. The van der Waals surface area contributed by atoms with Gasteiger partial charge in [0.25, 0.3) is 0 Å². The van der Waals surface area contributed by atoms with E-state index >= 15 is 0 Å². The van der Waals surface area contributed by atoms with E-state index in [2.05, 4.69) is 81.5 Å². The molecule has 4 N–H and O–H groups in total. The summed E-state index contributed by atoms with van der Waals surface area (Å²) in [5.74, 6) is 0.212. The highest BCUT2D eigenvalue weighted by molar-refractivity contribution is 5.99. The Hall–Kier alpha value is -4.06. The van der Waals surface area contributed by atoms with Crippen molar-refractivity contribution >= 4 is 28.5 Å². The zero-order valence-corrected chi connectivity index (χ0v) is 25.3. The Bertz CT molecular complexity index is 1450. The molecule has 1 heterocycles. The van der Waals surface area contributed by atoms with Crippen LogP contribution < -0.4 is 16.0 Å². The van der Waals surface area contributed by atoms with E-state index in [1.54, 1.807) is 0 Å². The van der Waals surface area contributed by atoms with E-state index in [1.165, 1.54) is 0 Å². The molecule has 0 saturated carbocycles. The third-order valence-corrected chi connectivity index (χ3v) is 7.62. The average Bonchev–Trinajstić information content (AvgIpc) is 3.33. The Balaban J connectivity index is 1.66. The molecular formula is C35H44N4O2. The summed E-state index contributed by atoms with van der Waals surface area (Å²) in [6.07, 6.45) is 2.27. The van der Waals surface area contributed by atoms with Gasteiger partial charge in [-0.25, -0.2) is 4.79 Å². The van der Waals surface area contributed by atoms with Crippen molar-refractivity contribution in [3.8, 4) is 0 Å². The molecule has 4 aromatic rings. The lowest BCUT2D eigenvalue weighted by Gasteiger charge is -2.32. The van der Waals surface area contributed by atoms with Crippen LogP contribution in [0.15, 0.2) is 79.0 Å². The van der Waals surface area contributed by atoms with Gasteiger partial charge in [0.15, 0.2) is 0 Å². The summed E-state index contributed by atoms with van der Waals surface area (Å²) in [4.78, 5) is 30.9. The molecule has 6 nitrogen and oxygen atoms in total. The highest BCUT2D eigenvalue weighted by Gasteiger charge is 2.30. The second kappa shape index (κ2) is 12.6. The number of hydrogen-bond acceptors (Lipinski definition) is 2. The van der Waals surface area contributed by atoms with Crippen LogP contribution in [0.5, 0.6) is 0 Å². The molecule has 0 saturated heterocycles. The van der Waals surface area contributed by atoms with E-state index in [0.717, 1.165) is 38.8 Å². The number of H-pyrrole nitrogens is 1. The highest BCUT2D eigenvalue weighted by atomic mass is 16.2. The quantitative estimate of drug-likeness (QED) is 0.169. The maximum atomic E-state index is 14.0. The van der Waals surface area contributed by atoms with Crippen molar-refractivity contribution in [2.75, 3.05) is 5.32 Å². The van der Waals surface area contributed by atoms with Crippen molar-refractivity contribution in [1.82, 2.24) is 15.6 Å². The number of carbonyl (C=O) groups excluding carboxylic acids is 2. The first-order valence-electron chi connectivity index (χ1n) is 14.6. The SMILES string of the molecule is CC(C)c1cccc(C(C)C)c1NC(=O)[C@@H](Cc1c[nH]c2ccccc12)NC(=O)NC(c1ccccc1)C(C)(C)C. The van der Waals surface area contributed by atoms with Gasteiger partial charge in [0.2, 0.25) is 5.91 Å². The van der Waals surface area contributed by atoms with Crippen LogP contribution in [0, 0.1) is 5.41 Å². The summed E-state index contributed by atoms with van der Waals surface area (Å²) in [5.41, 5.74) is 5.74. The Morgan fingerprint density at radius 1 is 0.780 bits per heavy atom. The van der Waals surface area contributed by atoms with Crippen LogP contribution in [0.1, 0.15) is 88.6 Å². The number of aromatic amines is 1. The van der Waals surface area contributed by atoms with Crippen molar-refractivity contribution < 1.29 is 9.59 Å². The molecule has 4 rings (SSSR count). The molecular weight excluding hydrogens is 508 g/mol. The zero-order chi connectivity index (χ0) is 29.7.